The van der Waals surface area contributed by atoms with E-state index >= 15 is 0 Å². The molecule has 0 aliphatic heterocycles. The molecule has 21 heavy (non-hydrogen) atoms. The van der Waals surface area contributed by atoms with Crippen LogP contribution in [0.1, 0.15) is 44.4 Å². The van der Waals surface area contributed by atoms with E-state index in [1.54, 1.807) is 24.0 Å². The summed E-state index contributed by atoms with van der Waals surface area (Å²) in [5.41, 5.74) is 1.92. The highest BCUT2D eigenvalue weighted by Gasteiger charge is 2.28. The number of phenolic OH excluding ortho intramolecular Hbond substituents is 1. The van der Waals surface area contributed by atoms with Gasteiger partial charge in [0.25, 0.3) is 0 Å². The van der Waals surface area contributed by atoms with Crippen molar-refractivity contribution in [2.45, 2.75) is 51.8 Å². The van der Waals surface area contributed by atoms with Crippen LogP contribution in [0.4, 0.5) is 4.79 Å². The van der Waals surface area contributed by atoms with Gasteiger partial charge < -0.3 is 20.4 Å². The summed E-state index contributed by atoms with van der Waals surface area (Å²) in [7, 11) is 0. The number of fused-ring (bicyclic) bond motifs is 1. The van der Waals surface area contributed by atoms with Crippen LogP contribution in [0.5, 0.6) is 5.75 Å². The minimum atomic E-state index is -0.557. The molecule has 3 N–H and O–H groups in total. The molecule has 1 aliphatic rings. The summed E-state index contributed by atoms with van der Waals surface area (Å²) < 4.78 is 0. The Balaban J connectivity index is 2.09. The molecule has 2 unspecified atom stereocenters. The van der Waals surface area contributed by atoms with Gasteiger partial charge in [0.15, 0.2) is 0 Å². The first-order chi connectivity index (χ1) is 9.90. The number of benzene rings is 1. The number of nitrogens with zero attached hydrogens (tertiary/aromatic N) is 1. The fraction of sp³-hybridized carbons (Fsp3) is 0.562. The molecule has 1 aliphatic carbocycles. The minimum Gasteiger partial charge on any atom is -0.508 e. The Labute approximate surface area is 125 Å². The first kappa shape index (κ1) is 15.6. The molecule has 0 fully saturated rings. The molecule has 2 atom stereocenters. The van der Waals surface area contributed by atoms with Crippen LogP contribution in [-0.4, -0.2) is 39.8 Å². The second-order valence-electron chi connectivity index (χ2n) is 5.98. The summed E-state index contributed by atoms with van der Waals surface area (Å²) in [5, 5.41) is 22.4. The Hall–Kier alpha value is -1.75. The van der Waals surface area contributed by atoms with E-state index in [2.05, 4.69) is 5.32 Å². The third-order valence-corrected chi connectivity index (χ3v) is 3.89. The van der Waals surface area contributed by atoms with Gasteiger partial charge in [-0.1, -0.05) is 12.1 Å². The highest BCUT2D eigenvalue weighted by atomic mass is 16.3. The smallest absolute Gasteiger partial charge is 0.318 e. The lowest BCUT2D eigenvalue weighted by Gasteiger charge is -2.29. The first-order valence-electron chi connectivity index (χ1n) is 7.46. The van der Waals surface area contributed by atoms with Gasteiger partial charge in [0.05, 0.1) is 12.1 Å². The maximum Gasteiger partial charge on any atom is 0.318 e. The number of rotatable bonds is 4. The molecule has 0 radical (unpaired) electrons. The molecule has 5 heteroatoms. The predicted octanol–water partition coefficient (Wildman–Crippen LogP) is 2.18. The Kier molecular flexibility index (Phi) is 4.73. The number of phenols is 1. The normalized spacial score (nSPS) is 18.4. The van der Waals surface area contributed by atoms with Crippen molar-refractivity contribution in [3.8, 4) is 5.75 Å². The van der Waals surface area contributed by atoms with Crippen LogP contribution in [0.2, 0.25) is 0 Å². The number of aliphatic hydroxyl groups is 1. The molecular formula is C16H24N2O3. The Morgan fingerprint density at radius 1 is 1.43 bits per heavy atom. The lowest BCUT2D eigenvalue weighted by molar-refractivity contribution is 0.117. The second kappa shape index (κ2) is 6.35. The van der Waals surface area contributed by atoms with Gasteiger partial charge in [-0.25, -0.2) is 4.79 Å². The van der Waals surface area contributed by atoms with E-state index in [0.717, 1.165) is 24.0 Å². The van der Waals surface area contributed by atoms with Gasteiger partial charge in [0.2, 0.25) is 0 Å². The third kappa shape index (κ3) is 3.47. The van der Waals surface area contributed by atoms with Crippen molar-refractivity contribution >= 4 is 6.03 Å². The monoisotopic (exact) mass is 292 g/mol. The van der Waals surface area contributed by atoms with E-state index in [1.165, 1.54) is 0 Å². The van der Waals surface area contributed by atoms with E-state index < -0.39 is 6.10 Å². The summed E-state index contributed by atoms with van der Waals surface area (Å²) in [6.45, 7) is 5.83. The molecule has 0 bridgehead atoms. The molecule has 2 rings (SSSR count). The fourth-order valence-corrected chi connectivity index (χ4v) is 2.83. The average molecular weight is 292 g/mol. The molecular weight excluding hydrogens is 268 g/mol. The molecule has 116 valence electrons. The van der Waals surface area contributed by atoms with Crippen LogP contribution < -0.4 is 5.32 Å². The lowest BCUT2D eigenvalue weighted by atomic mass is 10.1. The fourth-order valence-electron chi connectivity index (χ4n) is 2.83. The summed E-state index contributed by atoms with van der Waals surface area (Å²) in [6.07, 6.45) is 1.00. The van der Waals surface area contributed by atoms with Crippen LogP contribution in [0.3, 0.4) is 0 Å². The quantitative estimate of drug-likeness (QED) is 0.796. The van der Waals surface area contributed by atoms with Crippen molar-refractivity contribution < 1.29 is 15.0 Å². The number of aliphatic hydroxyl groups excluding tert-OH is 1. The molecule has 0 aromatic heterocycles. The van der Waals surface area contributed by atoms with Crippen LogP contribution in [-0.2, 0) is 6.42 Å². The van der Waals surface area contributed by atoms with Crippen molar-refractivity contribution in [1.82, 2.24) is 10.2 Å². The lowest BCUT2D eigenvalue weighted by Crippen LogP contribution is -2.47. The Bertz CT molecular complexity index is 514. The number of aromatic hydroxyl groups is 1. The minimum absolute atomic E-state index is 0.0182. The summed E-state index contributed by atoms with van der Waals surface area (Å²) in [6, 6.07) is 5.19. The van der Waals surface area contributed by atoms with Crippen LogP contribution in [0.15, 0.2) is 18.2 Å². The second-order valence-corrected chi connectivity index (χ2v) is 5.98. The Morgan fingerprint density at radius 2 is 2.14 bits per heavy atom. The van der Waals surface area contributed by atoms with Gasteiger partial charge in [-0.2, -0.15) is 0 Å². The molecule has 0 spiro atoms. The number of hydrogen-bond acceptors (Lipinski definition) is 3. The number of carbonyl (C=O) groups excluding carboxylic acids is 1. The van der Waals surface area contributed by atoms with Gasteiger partial charge in [0, 0.05) is 12.6 Å². The van der Waals surface area contributed by atoms with Crippen LogP contribution in [0, 0.1) is 0 Å². The highest BCUT2D eigenvalue weighted by Crippen LogP contribution is 2.36. The van der Waals surface area contributed by atoms with Crippen molar-refractivity contribution in [1.29, 1.82) is 0 Å². The molecule has 0 saturated carbocycles. The van der Waals surface area contributed by atoms with Gasteiger partial charge in [-0.05, 0) is 50.8 Å². The standard InChI is InChI=1S/C16H24N2O3/c1-10(2)18(9-11(3)19)16(21)17-14-8-7-13-12(14)5-4-6-15(13)20/h4-6,10-11,14,19-20H,7-9H2,1-3H3,(H,17,21). The van der Waals surface area contributed by atoms with Crippen LogP contribution >= 0.6 is 0 Å². The van der Waals surface area contributed by atoms with E-state index in [0.29, 0.717) is 12.3 Å². The molecule has 1 aromatic carbocycles. The van der Waals surface area contributed by atoms with Gasteiger partial charge in [-0.15, -0.1) is 0 Å². The number of amides is 2. The highest BCUT2D eigenvalue weighted by molar-refractivity contribution is 5.75. The number of nitrogens with one attached hydrogen (secondary N) is 1. The predicted molar refractivity (Wildman–Crippen MR) is 81.2 cm³/mol. The molecule has 0 heterocycles. The van der Waals surface area contributed by atoms with E-state index in [1.807, 2.05) is 19.9 Å². The zero-order chi connectivity index (χ0) is 15.6. The van der Waals surface area contributed by atoms with Crippen molar-refractivity contribution in [3.05, 3.63) is 29.3 Å². The van der Waals surface area contributed by atoms with Gasteiger partial charge >= 0.3 is 6.03 Å². The van der Waals surface area contributed by atoms with Crippen molar-refractivity contribution in [2.24, 2.45) is 0 Å². The topological polar surface area (TPSA) is 72.8 Å². The zero-order valence-corrected chi connectivity index (χ0v) is 12.8. The van der Waals surface area contributed by atoms with Gasteiger partial charge in [0.1, 0.15) is 5.75 Å². The number of carbonyl (C=O) groups is 1. The Morgan fingerprint density at radius 3 is 2.76 bits per heavy atom. The van der Waals surface area contributed by atoms with Crippen LogP contribution in [0.25, 0.3) is 0 Å². The third-order valence-electron chi connectivity index (χ3n) is 3.89. The summed E-state index contributed by atoms with van der Waals surface area (Å²) in [5.74, 6) is 0.300. The van der Waals surface area contributed by atoms with E-state index in [9.17, 15) is 15.0 Å². The number of urea groups is 1. The summed E-state index contributed by atoms with van der Waals surface area (Å²) >= 11 is 0. The largest absolute Gasteiger partial charge is 0.508 e. The molecule has 2 amide bonds. The average Bonchev–Trinajstić information content (AvgIpc) is 2.80. The number of hydrogen-bond donors (Lipinski definition) is 3. The maximum absolute atomic E-state index is 12.4. The first-order valence-corrected chi connectivity index (χ1v) is 7.46. The van der Waals surface area contributed by atoms with Gasteiger partial charge in [-0.3, -0.25) is 0 Å². The molecule has 1 aromatic rings. The van der Waals surface area contributed by atoms with Crippen molar-refractivity contribution in [2.75, 3.05) is 6.54 Å². The molecule has 0 saturated heterocycles. The SMILES string of the molecule is CC(O)CN(C(=O)NC1CCc2c(O)cccc21)C(C)C. The van der Waals surface area contributed by atoms with E-state index in [4.69, 9.17) is 0 Å². The molecule has 5 nitrogen and oxygen atoms in total. The van der Waals surface area contributed by atoms with Crippen molar-refractivity contribution in [3.63, 3.8) is 0 Å². The maximum atomic E-state index is 12.4. The summed E-state index contributed by atoms with van der Waals surface area (Å²) in [4.78, 5) is 14.0. The van der Waals surface area contributed by atoms with E-state index in [-0.39, 0.29) is 18.1 Å². The zero-order valence-electron chi connectivity index (χ0n) is 12.8.